The minimum atomic E-state index is -0.731. The van der Waals surface area contributed by atoms with E-state index in [0.717, 1.165) is 0 Å². The van der Waals surface area contributed by atoms with Crippen molar-refractivity contribution in [3.63, 3.8) is 0 Å². The Labute approximate surface area is 51.8 Å². The van der Waals surface area contributed by atoms with Crippen molar-refractivity contribution in [2.24, 2.45) is 5.73 Å². The summed E-state index contributed by atoms with van der Waals surface area (Å²) in [7, 11) is 0. The van der Waals surface area contributed by atoms with Crippen molar-refractivity contribution >= 4 is 11.8 Å². The molecule has 0 radical (unpaired) electrons. The van der Waals surface area contributed by atoms with E-state index in [1.807, 2.05) is 5.32 Å². The summed E-state index contributed by atoms with van der Waals surface area (Å²) in [6, 6.07) is 0. The van der Waals surface area contributed by atoms with Crippen LogP contribution in [0.15, 0.2) is 0 Å². The molecule has 9 heavy (non-hydrogen) atoms. The van der Waals surface area contributed by atoms with Gasteiger partial charge in [-0.05, 0) is 0 Å². The fourth-order valence-electron chi connectivity index (χ4n) is 0.246. The second-order valence-electron chi connectivity index (χ2n) is 1.33. The summed E-state index contributed by atoms with van der Waals surface area (Å²) in [5, 5.41) is 9.90. The molecule has 0 saturated heterocycles. The van der Waals surface area contributed by atoms with E-state index in [4.69, 9.17) is 10.8 Å². The van der Waals surface area contributed by atoms with Gasteiger partial charge in [-0.1, -0.05) is 0 Å². The standard InChI is InChI=1S/C4H8N2O3/c5-1-3(8)6-4(9)2-7/h7H,1-2,5H2,(H,6,8,9). The number of hydrogen-bond acceptors (Lipinski definition) is 4. The summed E-state index contributed by atoms with van der Waals surface area (Å²) in [4.78, 5) is 20.4. The Morgan fingerprint density at radius 1 is 1.44 bits per heavy atom. The zero-order valence-corrected chi connectivity index (χ0v) is 4.76. The van der Waals surface area contributed by atoms with Gasteiger partial charge in [0.25, 0.3) is 5.91 Å². The van der Waals surface area contributed by atoms with Gasteiger partial charge in [0.05, 0.1) is 6.54 Å². The molecule has 0 aliphatic carbocycles. The van der Waals surface area contributed by atoms with Crippen molar-refractivity contribution in [1.82, 2.24) is 5.32 Å². The van der Waals surface area contributed by atoms with E-state index in [9.17, 15) is 9.59 Å². The highest BCUT2D eigenvalue weighted by molar-refractivity contribution is 5.96. The Hall–Kier alpha value is -0.940. The van der Waals surface area contributed by atoms with E-state index >= 15 is 0 Å². The number of imide groups is 1. The maximum atomic E-state index is 10.2. The maximum Gasteiger partial charge on any atom is 0.252 e. The predicted molar refractivity (Wildman–Crippen MR) is 29.3 cm³/mol. The Morgan fingerprint density at radius 3 is 2.33 bits per heavy atom. The number of nitrogens with one attached hydrogen (secondary N) is 1. The number of aliphatic hydroxyl groups excluding tert-OH is 1. The lowest BCUT2D eigenvalue weighted by atomic mass is 10.5. The molecule has 0 saturated carbocycles. The van der Waals surface area contributed by atoms with Gasteiger partial charge < -0.3 is 10.8 Å². The third-order valence-corrected chi connectivity index (χ3v) is 0.608. The van der Waals surface area contributed by atoms with Crippen molar-refractivity contribution in [1.29, 1.82) is 0 Å². The average Bonchev–Trinajstić information content (AvgIpc) is 1.87. The van der Waals surface area contributed by atoms with Crippen molar-refractivity contribution < 1.29 is 14.7 Å². The molecule has 52 valence electrons. The summed E-state index contributed by atoms with van der Waals surface area (Å²) in [5.41, 5.74) is 4.83. The van der Waals surface area contributed by atoms with Gasteiger partial charge >= 0.3 is 0 Å². The lowest BCUT2D eigenvalue weighted by molar-refractivity contribution is -0.131. The fourth-order valence-corrected chi connectivity index (χ4v) is 0.246. The molecular formula is C4H8N2O3. The van der Waals surface area contributed by atoms with Crippen molar-refractivity contribution in [2.75, 3.05) is 13.2 Å². The van der Waals surface area contributed by atoms with Crippen LogP contribution in [0.2, 0.25) is 0 Å². The lowest BCUT2D eigenvalue weighted by Crippen LogP contribution is -2.36. The number of nitrogens with two attached hydrogens (primary N) is 1. The molecule has 0 aliphatic heterocycles. The van der Waals surface area contributed by atoms with E-state index in [2.05, 4.69) is 0 Å². The number of carbonyl (C=O) groups excluding carboxylic acids is 2. The van der Waals surface area contributed by atoms with E-state index in [0.29, 0.717) is 0 Å². The third-order valence-electron chi connectivity index (χ3n) is 0.608. The van der Waals surface area contributed by atoms with E-state index < -0.39 is 18.4 Å². The van der Waals surface area contributed by atoms with Crippen LogP contribution in [0, 0.1) is 0 Å². The second-order valence-corrected chi connectivity index (χ2v) is 1.33. The predicted octanol–water partition coefficient (Wildman–Crippen LogP) is -2.42. The Bertz CT molecular complexity index is 109. The molecule has 0 unspecified atom stereocenters. The number of carbonyl (C=O) groups is 2. The average molecular weight is 132 g/mol. The molecule has 0 spiro atoms. The first-order valence-electron chi connectivity index (χ1n) is 2.34. The summed E-state index contributed by atoms with van der Waals surface area (Å²) < 4.78 is 0. The first-order valence-corrected chi connectivity index (χ1v) is 2.34. The van der Waals surface area contributed by atoms with Crippen LogP contribution in [0.1, 0.15) is 0 Å². The van der Waals surface area contributed by atoms with E-state index in [-0.39, 0.29) is 6.54 Å². The minimum Gasteiger partial charge on any atom is -0.387 e. The van der Waals surface area contributed by atoms with Crippen molar-refractivity contribution in [3.05, 3.63) is 0 Å². The highest BCUT2D eigenvalue weighted by Crippen LogP contribution is 1.61. The van der Waals surface area contributed by atoms with Gasteiger partial charge in [-0.15, -0.1) is 0 Å². The van der Waals surface area contributed by atoms with Crippen LogP contribution in [0.3, 0.4) is 0 Å². The highest BCUT2D eigenvalue weighted by atomic mass is 16.3. The second kappa shape index (κ2) is 3.99. The zero-order valence-electron chi connectivity index (χ0n) is 4.76. The van der Waals surface area contributed by atoms with Crippen molar-refractivity contribution in [3.8, 4) is 0 Å². The van der Waals surface area contributed by atoms with Crippen LogP contribution >= 0.6 is 0 Å². The molecule has 0 aliphatic rings. The maximum absolute atomic E-state index is 10.2. The van der Waals surface area contributed by atoms with Gasteiger partial charge in [-0.3, -0.25) is 14.9 Å². The van der Waals surface area contributed by atoms with Crippen LogP contribution in [0.25, 0.3) is 0 Å². The molecule has 5 nitrogen and oxygen atoms in total. The fraction of sp³-hybridized carbons (Fsp3) is 0.500. The monoisotopic (exact) mass is 132 g/mol. The smallest absolute Gasteiger partial charge is 0.252 e. The SMILES string of the molecule is NCC(=O)NC(=O)CO. The van der Waals surface area contributed by atoms with Crippen LogP contribution in [0.4, 0.5) is 0 Å². The van der Waals surface area contributed by atoms with Crippen LogP contribution < -0.4 is 11.1 Å². The molecule has 0 aromatic rings. The minimum absolute atomic E-state index is 0.244. The van der Waals surface area contributed by atoms with Gasteiger partial charge in [0.1, 0.15) is 6.61 Å². The molecule has 0 bridgehead atoms. The first-order chi connectivity index (χ1) is 4.20. The van der Waals surface area contributed by atoms with E-state index in [1.165, 1.54) is 0 Å². The largest absolute Gasteiger partial charge is 0.387 e. The molecule has 5 heteroatoms. The number of amides is 2. The Morgan fingerprint density at radius 2 is 2.00 bits per heavy atom. The molecule has 0 rings (SSSR count). The van der Waals surface area contributed by atoms with Gasteiger partial charge in [-0.25, -0.2) is 0 Å². The summed E-state index contributed by atoms with van der Waals surface area (Å²) in [6.07, 6.45) is 0. The third kappa shape index (κ3) is 3.63. The van der Waals surface area contributed by atoms with Gasteiger partial charge in [0.15, 0.2) is 0 Å². The zero-order chi connectivity index (χ0) is 7.28. The topological polar surface area (TPSA) is 92.4 Å². The lowest BCUT2D eigenvalue weighted by Gasteiger charge is -1.95. The van der Waals surface area contributed by atoms with E-state index in [1.54, 1.807) is 0 Å². The number of hydrogen-bond donors (Lipinski definition) is 3. The quantitative estimate of drug-likeness (QED) is 0.390. The summed E-state index contributed by atoms with van der Waals surface area (Å²) >= 11 is 0. The Kier molecular flexibility index (Phi) is 3.57. The number of aliphatic hydroxyl groups is 1. The van der Waals surface area contributed by atoms with Crippen LogP contribution in [-0.2, 0) is 9.59 Å². The molecule has 0 aromatic heterocycles. The van der Waals surface area contributed by atoms with Gasteiger partial charge in [0.2, 0.25) is 5.91 Å². The summed E-state index contributed by atoms with van der Waals surface area (Å²) in [6.45, 7) is -0.933. The van der Waals surface area contributed by atoms with Crippen LogP contribution in [-0.4, -0.2) is 30.1 Å². The van der Waals surface area contributed by atoms with Crippen LogP contribution in [0.5, 0.6) is 0 Å². The van der Waals surface area contributed by atoms with Gasteiger partial charge in [-0.2, -0.15) is 0 Å². The normalized spacial score (nSPS) is 8.67. The highest BCUT2D eigenvalue weighted by Gasteiger charge is 2.01. The molecule has 0 fully saturated rings. The van der Waals surface area contributed by atoms with Gasteiger partial charge in [0, 0.05) is 0 Å². The Balaban J connectivity index is 3.47. The number of rotatable bonds is 2. The first kappa shape index (κ1) is 8.06. The van der Waals surface area contributed by atoms with Crippen molar-refractivity contribution in [2.45, 2.75) is 0 Å². The summed E-state index contributed by atoms with van der Waals surface area (Å²) in [5.74, 6) is -1.32. The molecule has 0 heterocycles. The molecule has 0 aromatic carbocycles. The molecular weight excluding hydrogens is 124 g/mol. The molecule has 2 amide bonds. The molecule has 0 atom stereocenters. The molecule has 4 N–H and O–H groups in total.